The van der Waals surface area contributed by atoms with Crippen molar-refractivity contribution in [3.8, 4) is 0 Å². The molecule has 0 bridgehead atoms. The predicted molar refractivity (Wildman–Crippen MR) is 105 cm³/mol. The molecular weight excluding hydrogens is 344 g/mol. The Kier molecular flexibility index (Phi) is 3.92. The lowest BCUT2D eigenvalue weighted by molar-refractivity contribution is 0.193. The lowest BCUT2D eigenvalue weighted by Gasteiger charge is -2.34. The van der Waals surface area contributed by atoms with Crippen LogP contribution in [0, 0.1) is 0 Å². The van der Waals surface area contributed by atoms with Gasteiger partial charge in [-0.15, -0.1) is 11.3 Å². The lowest BCUT2D eigenvalue weighted by atomic mass is 9.94. The molecule has 0 spiro atoms. The summed E-state index contributed by atoms with van der Waals surface area (Å²) in [6.07, 6.45) is 3.64. The van der Waals surface area contributed by atoms with Gasteiger partial charge in [0, 0.05) is 30.6 Å². The normalized spacial score (nSPS) is 20.1. The van der Waals surface area contributed by atoms with Crippen LogP contribution >= 0.6 is 11.3 Å². The van der Waals surface area contributed by atoms with E-state index in [1.54, 1.807) is 17.7 Å². The van der Waals surface area contributed by atoms with Crippen LogP contribution < -0.4 is 10.9 Å². The van der Waals surface area contributed by atoms with Crippen molar-refractivity contribution in [2.75, 3.05) is 13.6 Å². The maximum Gasteiger partial charge on any atom is 0.262 e. The Labute approximate surface area is 156 Å². The van der Waals surface area contributed by atoms with Gasteiger partial charge < -0.3 is 5.32 Å². The van der Waals surface area contributed by atoms with E-state index in [2.05, 4.69) is 46.5 Å². The second kappa shape index (κ2) is 6.30. The first kappa shape index (κ1) is 16.2. The maximum atomic E-state index is 13.2. The van der Waals surface area contributed by atoms with Crippen molar-refractivity contribution < 1.29 is 0 Å². The van der Waals surface area contributed by atoms with Crippen LogP contribution in [-0.4, -0.2) is 34.1 Å². The molecule has 3 aromatic rings. The van der Waals surface area contributed by atoms with Crippen LogP contribution in [0.25, 0.3) is 10.2 Å². The minimum absolute atomic E-state index is 0.127. The molecule has 0 aliphatic carbocycles. The van der Waals surface area contributed by atoms with Crippen molar-refractivity contribution >= 4 is 21.6 Å². The molecular formula is C20H22N4OS. The number of nitrogens with zero attached hydrogens (tertiary/aromatic N) is 3. The molecule has 0 saturated carbocycles. The van der Waals surface area contributed by atoms with E-state index in [-0.39, 0.29) is 5.56 Å². The standard InChI is InChI=1S/C20H22N4OS/c1-23-10-14-5-3-2-4-13(14)8-15(23)11-24-12-22-19-18(20(24)25)16-6-7-21-9-17(16)26-19/h2-5,12,15,21H,6-11H2,1H3. The highest BCUT2D eigenvalue weighted by molar-refractivity contribution is 7.18. The number of rotatable bonds is 2. The average molecular weight is 366 g/mol. The zero-order valence-corrected chi connectivity index (χ0v) is 15.7. The monoisotopic (exact) mass is 366 g/mol. The van der Waals surface area contributed by atoms with Gasteiger partial charge in [-0.3, -0.25) is 14.3 Å². The van der Waals surface area contributed by atoms with Gasteiger partial charge in [-0.25, -0.2) is 4.98 Å². The Morgan fingerprint density at radius 2 is 2.15 bits per heavy atom. The number of fused-ring (bicyclic) bond motifs is 4. The zero-order valence-electron chi connectivity index (χ0n) is 14.9. The minimum Gasteiger partial charge on any atom is -0.312 e. The summed E-state index contributed by atoms with van der Waals surface area (Å²) in [6.45, 7) is 3.42. The largest absolute Gasteiger partial charge is 0.312 e. The van der Waals surface area contributed by atoms with E-state index >= 15 is 0 Å². The van der Waals surface area contributed by atoms with Crippen molar-refractivity contribution in [3.05, 3.63) is 62.5 Å². The van der Waals surface area contributed by atoms with Crippen molar-refractivity contribution in [1.82, 2.24) is 19.8 Å². The topological polar surface area (TPSA) is 50.2 Å². The number of benzene rings is 1. The highest BCUT2D eigenvalue weighted by atomic mass is 32.1. The van der Waals surface area contributed by atoms with Crippen LogP contribution in [0.2, 0.25) is 0 Å². The summed E-state index contributed by atoms with van der Waals surface area (Å²) >= 11 is 1.66. The van der Waals surface area contributed by atoms with Crippen molar-refractivity contribution in [2.45, 2.75) is 38.5 Å². The molecule has 5 nitrogen and oxygen atoms in total. The van der Waals surface area contributed by atoms with E-state index in [1.165, 1.54) is 21.6 Å². The second-order valence-electron chi connectivity index (χ2n) is 7.35. The molecule has 0 saturated heterocycles. The highest BCUT2D eigenvalue weighted by Crippen LogP contribution is 2.30. The van der Waals surface area contributed by atoms with Crippen molar-refractivity contribution in [3.63, 3.8) is 0 Å². The van der Waals surface area contributed by atoms with Crippen LogP contribution in [-0.2, 0) is 32.5 Å². The van der Waals surface area contributed by atoms with E-state index < -0.39 is 0 Å². The van der Waals surface area contributed by atoms with Gasteiger partial charge in [-0.1, -0.05) is 24.3 Å². The minimum atomic E-state index is 0.127. The first-order valence-corrected chi connectivity index (χ1v) is 10.00. The summed E-state index contributed by atoms with van der Waals surface area (Å²) in [5, 5.41) is 4.24. The quantitative estimate of drug-likeness (QED) is 0.755. The van der Waals surface area contributed by atoms with Gasteiger partial charge >= 0.3 is 0 Å². The summed E-state index contributed by atoms with van der Waals surface area (Å²) in [5.41, 5.74) is 4.14. The summed E-state index contributed by atoms with van der Waals surface area (Å²) in [7, 11) is 2.15. The van der Waals surface area contributed by atoms with E-state index in [4.69, 9.17) is 0 Å². The highest BCUT2D eigenvalue weighted by Gasteiger charge is 2.25. The molecule has 0 fully saturated rings. The SMILES string of the molecule is CN1Cc2ccccc2CC1Cn1cnc2sc3c(c2c1=O)CCNC3. The van der Waals surface area contributed by atoms with Crippen molar-refractivity contribution in [2.24, 2.45) is 0 Å². The Morgan fingerprint density at radius 3 is 3.04 bits per heavy atom. The molecule has 1 N–H and O–H groups in total. The Morgan fingerprint density at radius 1 is 1.31 bits per heavy atom. The van der Waals surface area contributed by atoms with Gasteiger partial charge in [0.2, 0.25) is 0 Å². The van der Waals surface area contributed by atoms with Gasteiger partial charge in [0.15, 0.2) is 0 Å². The fraction of sp³-hybridized carbons (Fsp3) is 0.400. The molecule has 134 valence electrons. The number of hydrogen-bond donors (Lipinski definition) is 1. The van der Waals surface area contributed by atoms with Gasteiger partial charge in [0.05, 0.1) is 11.7 Å². The van der Waals surface area contributed by atoms with Crippen LogP contribution in [0.5, 0.6) is 0 Å². The molecule has 26 heavy (non-hydrogen) atoms. The average Bonchev–Trinajstić information content (AvgIpc) is 3.04. The first-order valence-electron chi connectivity index (χ1n) is 9.18. The molecule has 2 aliphatic rings. The molecule has 4 heterocycles. The molecule has 1 aromatic carbocycles. The smallest absolute Gasteiger partial charge is 0.262 e. The molecule has 5 rings (SSSR count). The fourth-order valence-corrected chi connectivity index (χ4v) is 5.38. The summed E-state index contributed by atoms with van der Waals surface area (Å²) < 4.78 is 1.83. The fourth-order valence-electron chi connectivity index (χ4n) is 4.23. The number of likely N-dealkylation sites (N-methyl/N-ethyl adjacent to an activating group) is 1. The number of aromatic nitrogens is 2. The van der Waals surface area contributed by atoms with Crippen LogP contribution in [0.15, 0.2) is 35.4 Å². The van der Waals surface area contributed by atoms with Crippen LogP contribution in [0.4, 0.5) is 0 Å². The van der Waals surface area contributed by atoms with E-state index in [0.717, 1.165) is 42.7 Å². The number of thiophene rings is 1. The van der Waals surface area contributed by atoms with E-state index in [1.807, 2.05) is 4.57 Å². The Balaban J connectivity index is 1.50. The van der Waals surface area contributed by atoms with E-state index in [0.29, 0.717) is 12.6 Å². The molecule has 6 heteroatoms. The van der Waals surface area contributed by atoms with Gasteiger partial charge in [-0.05, 0) is 43.1 Å². The second-order valence-corrected chi connectivity index (χ2v) is 8.44. The zero-order chi connectivity index (χ0) is 17.7. The van der Waals surface area contributed by atoms with Crippen LogP contribution in [0.1, 0.15) is 21.6 Å². The Bertz CT molecular complexity index is 1040. The summed E-state index contributed by atoms with van der Waals surface area (Å²) in [6, 6.07) is 8.93. The molecule has 2 aliphatic heterocycles. The van der Waals surface area contributed by atoms with Gasteiger partial charge in [0.25, 0.3) is 5.56 Å². The molecule has 0 radical (unpaired) electrons. The first-order chi connectivity index (χ1) is 12.7. The third kappa shape index (κ3) is 2.60. The molecule has 2 aromatic heterocycles. The molecule has 1 unspecified atom stereocenters. The van der Waals surface area contributed by atoms with Crippen LogP contribution in [0.3, 0.4) is 0 Å². The summed E-state index contributed by atoms with van der Waals surface area (Å²) in [5.74, 6) is 0. The molecule has 1 atom stereocenters. The predicted octanol–water partition coefficient (Wildman–Crippen LogP) is 2.16. The number of hydrogen-bond acceptors (Lipinski definition) is 5. The maximum absolute atomic E-state index is 13.2. The molecule has 0 amide bonds. The summed E-state index contributed by atoms with van der Waals surface area (Å²) in [4.78, 5) is 22.3. The number of nitrogens with one attached hydrogen (secondary N) is 1. The Hall–Kier alpha value is -2.02. The third-order valence-corrected chi connectivity index (χ3v) is 6.86. The van der Waals surface area contributed by atoms with Crippen molar-refractivity contribution in [1.29, 1.82) is 0 Å². The van der Waals surface area contributed by atoms with Gasteiger partial charge in [0.1, 0.15) is 4.83 Å². The van der Waals surface area contributed by atoms with Gasteiger partial charge in [-0.2, -0.15) is 0 Å². The lowest BCUT2D eigenvalue weighted by Crippen LogP contribution is -2.42. The third-order valence-electron chi connectivity index (χ3n) is 5.72. The van der Waals surface area contributed by atoms with E-state index in [9.17, 15) is 4.79 Å².